The molecule has 1 aromatic carbocycles. The molecule has 15 nitrogen and oxygen atoms in total. The van der Waals surface area contributed by atoms with E-state index in [9.17, 15) is 29.1 Å². The summed E-state index contributed by atoms with van der Waals surface area (Å²) in [5, 5.41) is 16.1. The van der Waals surface area contributed by atoms with E-state index in [1.54, 1.807) is 37.6 Å². The topological polar surface area (TPSA) is 226 Å². The Kier molecular flexibility index (Phi) is 16.4. The lowest BCUT2D eigenvalue weighted by Crippen LogP contribution is -2.58. The van der Waals surface area contributed by atoms with Gasteiger partial charge in [0.1, 0.15) is 18.7 Å². The third-order valence-electron chi connectivity index (χ3n) is 8.44. The summed E-state index contributed by atoms with van der Waals surface area (Å²) in [5.74, 6) is -2.85. The number of aliphatic hydroxyl groups excluding tert-OH is 1. The van der Waals surface area contributed by atoms with E-state index in [0.717, 1.165) is 21.7 Å². The zero-order chi connectivity index (χ0) is 37.6. The molecule has 0 saturated carbocycles. The molecule has 0 spiro atoms. The first kappa shape index (κ1) is 41.5. The molecule has 2 heterocycles. The summed E-state index contributed by atoms with van der Waals surface area (Å²) in [7, 11) is 0. The first-order valence-electron chi connectivity index (χ1n) is 17.0. The zero-order valence-electron chi connectivity index (χ0n) is 29.9. The number of carbonyl (C=O) groups is 5. The summed E-state index contributed by atoms with van der Waals surface area (Å²) in [6.07, 6.45) is -0.0576. The molecule has 1 fully saturated rings. The van der Waals surface area contributed by atoms with Crippen molar-refractivity contribution in [3.05, 3.63) is 41.0 Å². The fourth-order valence-corrected chi connectivity index (χ4v) is 6.37. The van der Waals surface area contributed by atoms with Crippen molar-refractivity contribution in [3.63, 3.8) is 0 Å². The molecule has 7 N–H and O–H groups in total. The van der Waals surface area contributed by atoms with Gasteiger partial charge in [0.15, 0.2) is 0 Å². The predicted molar refractivity (Wildman–Crippen MR) is 190 cm³/mol. The number of aryl methyl sites for hydroxylation is 1. The van der Waals surface area contributed by atoms with Crippen molar-refractivity contribution in [2.75, 3.05) is 46.2 Å². The van der Waals surface area contributed by atoms with Crippen LogP contribution in [0.1, 0.15) is 57.7 Å². The Morgan fingerprint density at radius 3 is 2.24 bits per heavy atom. The molecule has 0 radical (unpaired) electrons. The summed E-state index contributed by atoms with van der Waals surface area (Å²) in [5.41, 5.74) is 14.5. The van der Waals surface area contributed by atoms with E-state index >= 15 is 0 Å². The Labute approximate surface area is 302 Å². The number of nitrogens with zero attached hydrogens (tertiary/aromatic N) is 2. The molecular weight excluding hydrogens is 680 g/mol. The van der Waals surface area contributed by atoms with Gasteiger partial charge >= 0.3 is 0 Å². The SMILES string of the molecule is Cc1ncsc1-c1ccc(CNC(=O)[C@@H]2C[C@@H](O)CN2C(=O)C(NC(=O)COCCOCCOCC[C@H](CCC(N)=O)C(N)=O)C(C)(C)C)cc1. The van der Waals surface area contributed by atoms with Gasteiger partial charge in [-0.3, -0.25) is 24.0 Å². The van der Waals surface area contributed by atoms with Crippen LogP contribution in [0.5, 0.6) is 0 Å². The molecule has 16 heteroatoms. The molecule has 1 aliphatic rings. The Bertz CT molecular complexity index is 1460. The van der Waals surface area contributed by atoms with Crippen LogP contribution in [0.3, 0.4) is 0 Å². The predicted octanol–water partition coefficient (Wildman–Crippen LogP) is 1.03. The minimum atomic E-state index is -0.977. The number of carbonyl (C=O) groups excluding carboxylic acids is 5. The molecule has 1 saturated heterocycles. The number of aliphatic hydroxyl groups is 1. The minimum absolute atomic E-state index is 0.0269. The quantitative estimate of drug-likeness (QED) is 0.115. The Morgan fingerprint density at radius 2 is 1.65 bits per heavy atom. The average Bonchev–Trinajstić information content (AvgIpc) is 3.68. The van der Waals surface area contributed by atoms with Crippen molar-refractivity contribution in [2.24, 2.45) is 22.8 Å². The van der Waals surface area contributed by atoms with Crippen LogP contribution in [0.2, 0.25) is 0 Å². The second kappa shape index (κ2) is 20.2. The first-order valence-corrected chi connectivity index (χ1v) is 17.9. The summed E-state index contributed by atoms with van der Waals surface area (Å²) < 4.78 is 16.3. The van der Waals surface area contributed by atoms with Crippen LogP contribution in [0.25, 0.3) is 10.4 Å². The molecule has 3 rings (SSSR count). The van der Waals surface area contributed by atoms with Crippen LogP contribution in [0, 0.1) is 18.3 Å². The Hall–Kier alpha value is -3.96. The fraction of sp³-hybridized carbons (Fsp3) is 0.600. The number of nitrogens with two attached hydrogens (primary N) is 2. The standard InChI is InChI=1S/C35H52N6O9S/c1-22-30(51-21-39-22)24-7-5-23(6-8-24)18-38-33(46)27-17-26(42)19-41(27)34(47)31(35(2,3)4)40-29(44)20-50-16-15-49-14-13-48-12-11-25(32(37)45)9-10-28(36)43/h5-8,21,25-27,31,42H,9-20H2,1-4H3,(H2,36,43)(H2,37,45)(H,38,46)(H,40,44)/t25-,26+,27-,31?/m0/s1. The van der Waals surface area contributed by atoms with Gasteiger partial charge in [-0.25, -0.2) is 4.98 Å². The third-order valence-corrected chi connectivity index (χ3v) is 9.42. The minimum Gasteiger partial charge on any atom is -0.391 e. The molecule has 1 aliphatic heterocycles. The van der Waals surface area contributed by atoms with E-state index in [1.807, 2.05) is 31.2 Å². The molecule has 4 atom stereocenters. The number of likely N-dealkylation sites (tertiary alicyclic amines) is 1. The molecular formula is C35H52N6O9S. The van der Waals surface area contributed by atoms with Gasteiger partial charge in [-0.1, -0.05) is 45.0 Å². The highest BCUT2D eigenvalue weighted by molar-refractivity contribution is 7.13. The summed E-state index contributed by atoms with van der Waals surface area (Å²) in [6.45, 7) is 8.39. The van der Waals surface area contributed by atoms with Gasteiger partial charge < -0.3 is 46.3 Å². The highest BCUT2D eigenvalue weighted by Gasteiger charge is 2.44. The van der Waals surface area contributed by atoms with Crippen molar-refractivity contribution in [3.8, 4) is 10.4 Å². The van der Waals surface area contributed by atoms with Gasteiger partial charge in [0, 0.05) is 38.5 Å². The molecule has 282 valence electrons. The largest absolute Gasteiger partial charge is 0.391 e. The number of benzene rings is 1. The first-order chi connectivity index (χ1) is 24.2. The summed E-state index contributed by atoms with van der Waals surface area (Å²) in [4.78, 5) is 69.0. The lowest BCUT2D eigenvalue weighted by atomic mass is 9.85. The zero-order valence-corrected chi connectivity index (χ0v) is 30.7. The Morgan fingerprint density at radius 1 is 1.00 bits per heavy atom. The van der Waals surface area contributed by atoms with Gasteiger partial charge in [0.2, 0.25) is 29.5 Å². The number of amides is 5. The normalized spacial score (nSPS) is 17.2. The van der Waals surface area contributed by atoms with Crippen molar-refractivity contribution in [2.45, 2.75) is 78.1 Å². The number of hydrogen-bond donors (Lipinski definition) is 5. The number of thiazole rings is 1. The van der Waals surface area contributed by atoms with E-state index < -0.39 is 53.1 Å². The second-order valence-electron chi connectivity index (χ2n) is 13.6. The van der Waals surface area contributed by atoms with E-state index in [1.165, 1.54) is 4.90 Å². The highest BCUT2D eigenvalue weighted by atomic mass is 32.1. The molecule has 0 bridgehead atoms. The fourth-order valence-electron chi connectivity index (χ4n) is 5.56. The Balaban J connectivity index is 1.40. The van der Waals surface area contributed by atoms with Gasteiger partial charge in [-0.05, 0) is 36.3 Å². The molecule has 1 unspecified atom stereocenters. The van der Waals surface area contributed by atoms with E-state index in [4.69, 9.17) is 25.7 Å². The number of aromatic nitrogens is 1. The van der Waals surface area contributed by atoms with E-state index in [2.05, 4.69) is 15.6 Å². The number of rotatable bonds is 21. The van der Waals surface area contributed by atoms with Crippen LogP contribution in [-0.4, -0.2) is 109 Å². The number of hydrogen-bond acceptors (Lipinski definition) is 11. The van der Waals surface area contributed by atoms with Gasteiger partial charge in [-0.15, -0.1) is 11.3 Å². The van der Waals surface area contributed by atoms with Crippen molar-refractivity contribution < 1.29 is 43.3 Å². The van der Waals surface area contributed by atoms with Gasteiger partial charge in [0.25, 0.3) is 0 Å². The summed E-state index contributed by atoms with van der Waals surface area (Å²) >= 11 is 1.56. The highest BCUT2D eigenvalue weighted by Crippen LogP contribution is 2.28. The van der Waals surface area contributed by atoms with E-state index in [-0.39, 0.29) is 77.9 Å². The monoisotopic (exact) mass is 732 g/mol. The van der Waals surface area contributed by atoms with Crippen molar-refractivity contribution in [1.29, 1.82) is 0 Å². The molecule has 2 aromatic rings. The maximum absolute atomic E-state index is 13.8. The summed E-state index contributed by atoms with van der Waals surface area (Å²) in [6, 6.07) is 5.94. The van der Waals surface area contributed by atoms with E-state index in [0.29, 0.717) is 6.42 Å². The molecule has 1 aromatic heterocycles. The van der Waals surface area contributed by atoms with Crippen LogP contribution < -0.4 is 22.1 Å². The smallest absolute Gasteiger partial charge is 0.246 e. The molecule has 5 amide bonds. The van der Waals surface area contributed by atoms with Crippen molar-refractivity contribution in [1.82, 2.24) is 20.5 Å². The number of ether oxygens (including phenoxy) is 3. The second-order valence-corrected chi connectivity index (χ2v) is 14.5. The van der Waals surface area contributed by atoms with Crippen molar-refractivity contribution >= 4 is 40.9 Å². The third kappa shape index (κ3) is 13.6. The molecule has 0 aliphatic carbocycles. The van der Waals surface area contributed by atoms with Crippen LogP contribution in [0.4, 0.5) is 0 Å². The number of primary amides is 2. The number of nitrogens with one attached hydrogen (secondary N) is 2. The van der Waals surface area contributed by atoms with Gasteiger partial charge in [-0.2, -0.15) is 0 Å². The molecule has 51 heavy (non-hydrogen) atoms. The van der Waals surface area contributed by atoms with Crippen LogP contribution in [-0.2, 0) is 44.7 Å². The lowest BCUT2D eigenvalue weighted by molar-refractivity contribution is -0.144. The van der Waals surface area contributed by atoms with Crippen LogP contribution in [0.15, 0.2) is 29.8 Å². The maximum Gasteiger partial charge on any atom is 0.246 e. The maximum atomic E-state index is 13.8. The van der Waals surface area contributed by atoms with Crippen LogP contribution >= 0.6 is 11.3 Å². The lowest BCUT2D eigenvalue weighted by Gasteiger charge is -2.35. The average molecular weight is 733 g/mol. The number of β-amino-alcohol motifs (C(OH)–C–C–N with tert-alkyl or cyclic N) is 1. The van der Waals surface area contributed by atoms with Gasteiger partial charge in [0.05, 0.1) is 48.6 Å².